The smallest absolute Gasteiger partial charge is 0.307 e. The minimum Gasteiger partial charge on any atom is -0.469 e. The van der Waals surface area contributed by atoms with Gasteiger partial charge in [-0.1, -0.05) is 30.3 Å². The van der Waals surface area contributed by atoms with Crippen molar-refractivity contribution in [1.29, 1.82) is 0 Å². The van der Waals surface area contributed by atoms with Crippen molar-refractivity contribution in [3.05, 3.63) is 35.9 Å². The Bertz CT molecular complexity index is 337. The fraction of sp³-hybridized carbons (Fsp3) is 0.333. The summed E-state index contributed by atoms with van der Waals surface area (Å²) in [5.41, 5.74) is 1.07. The zero-order valence-corrected chi connectivity index (χ0v) is 9.18. The molecule has 1 aromatic carbocycles. The normalized spacial score (nSPS) is 11.6. The first kappa shape index (κ1) is 12.2. The number of hydrogen-bond donors (Lipinski definition) is 1. The van der Waals surface area contributed by atoms with E-state index >= 15 is 0 Å². The van der Waals surface area contributed by atoms with Gasteiger partial charge in [0.05, 0.1) is 13.5 Å². The summed E-state index contributed by atoms with van der Waals surface area (Å²) in [5, 5.41) is 2.61. The van der Waals surface area contributed by atoms with Crippen LogP contribution in [0.4, 0.5) is 0 Å². The van der Waals surface area contributed by atoms with Gasteiger partial charge in [0.1, 0.15) is 0 Å². The molecule has 0 aliphatic heterocycles. The van der Waals surface area contributed by atoms with E-state index in [1.807, 2.05) is 30.3 Å². The van der Waals surface area contributed by atoms with Gasteiger partial charge in [-0.2, -0.15) is 0 Å². The van der Waals surface area contributed by atoms with Gasteiger partial charge in [-0.3, -0.25) is 9.59 Å². The lowest BCUT2D eigenvalue weighted by Gasteiger charge is -2.14. The third-order valence-corrected chi connectivity index (χ3v) is 2.27. The van der Waals surface area contributed by atoms with Crippen molar-refractivity contribution in [2.75, 3.05) is 7.11 Å². The monoisotopic (exact) mass is 221 g/mol. The van der Waals surface area contributed by atoms with Crippen molar-refractivity contribution < 1.29 is 14.3 Å². The van der Waals surface area contributed by atoms with Crippen molar-refractivity contribution in [3.8, 4) is 0 Å². The number of benzene rings is 1. The fourth-order valence-electron chi connectivity index (χ4n) is 1.47. The Morgan fingerprint density at radius 3 is 2.69 bits per heavy atom. The Balaban J connectivity index is 2.57. The van der Waals surface area contributed by atoms with Crippen LogP contribution >= 0.6 is 0 Å². The molecular formula is C12H15NO3. The van der Waals surface area contributed by atoms with E-state index in [4.69, 9.17) is 0 Å². The Labute approximate surface area is 94.6 Å². The zero-order chi connectivity index (χ0) is 11.8. The topological polar surface area (TPSA) is 55.4 Å². The molecule has 0 aromatic heterocycles. The summed E-state index contributed by atoms with van der Waals surface area (Å²) in [4.78, 5) is 21.5. The maximum absolute atomic E-state index is 11.1. The van der Waals surface area contributed by atoms with Crippen LogP contribution in [0.3, 0.4) is 0 Å². The summed E-state index contributed by atoms with van der Waals surface area (Å²) < 4.78 is 4.57. The quantitative estimate of drug-likeness (QED) is 0.573. The van der Waals surface area contributed by atoms with E-state index in [1.54, 1.807) is 0 Å². The molecule has 0 aliphatic rings. The van der Waals surface area contributed by atoms with Gasteiger partial charge in [-0.05, 0) is 12.0 Å². The maximum Gasteiger partial charge on any atom is 0.307 e. The number of methoxy groups -OCH3 is 1. The number of carbonyl (C=O) groups is 2. The fourth-order valence-corrected chi connectivity index (χ4v) is 1.47. The summed E-state index contributed by atoms with van der Waals surface area (Å²) in [5.74, 6) is -0.324. The van der Waals surface area contributed by atoms with Crippen LogP contribution in [0.1, 0.15) is 12.0 Å². The summed E-state index contributed by atoms with van der Waals surface area (Å²) >= 11 is 0. The van der Waals surface area contributed by atoms with Gasteiger partial charge in [-0.15, -0.1) is 0 Å². The van der Waals surface area contributed by atoms with Crippen LogP contribution in [-0.4, -0.2) is 25.5 Å². The van der Waals surface area contributed by atoms with E-state index in [2.05, 4.69) is 10.1 Å². The lowest BCUT2D eigenvalue weighted by atomic mass is 10.0. The Morgan fingerprint density at radius 1 is 1.44 bits per heavy atom. The minimum atomic E-state index is -0.324. The molecule has 4 heteroatoms. The standard InChI is InChI=1S/C12H15NO3/c1-16-12(15)8-11(13-9-14)7-10-5-3-2-4-6-10/h2-6,9,11H,7-8H2,1H3,(H,13,14)/t11-/m0/s1. The van der Waals surface area contributed by atoms with Crippen LogP contribution in [0.25, 0.3) is 0 Å². The molecule has 0 saturated carbocycles. The van der Waals surface area contributed by atoms with Crippen LogP contribution in [0.15, 0.2) is 30.3 Å². The molecule has 1 rings (SSSR count). The average Bonchev–Trinajstić information content (AvgIpc) is 2.30. The summed E-state index contributed by atoms with van der Waals surface area (Å²) in [7, 11) is 1.34. The third-order valence-electron chi connectivity index (χ3n) is 2.27. The first-order valence-corrected chi connectivity index (χ1v) is 5.06. The van der Waals surface area contributed by atoms with Gasteiger partial charge >= 0.3 is 5.97 Å². The molecule has 4 nitrogen and oxygen atoms in total. The van der Waals surface area contributed by atoms with Crippen molar-refractivity contribution in [2.45, 2.75) is 18.9 Å². The molecule has 1 aromatic rings. The molecule has 16 heavy (non-hydrogen) atoms. The number of carbonyl (C=O) groups excluding carboxylic acids is 2. The van der Waals surface area contributed by atoms with Crippen LogP contribution in [-0.2, 0) is 20.7 Å². The number of nitrogens with one attached hydrogen (secondary N) is 1. The number of rotatable bonds is 6. The van der Waals surface area contributed by atoms with Crippen LogP contribution < -0.4 is 5.32 Å². The van der Waals surface area contributed by atoms with E-state index in [0.29, 0.717) is 12.8 Å². The Morgan fingerprint density at radius 2 is 2.12 bits per heavy atom. The zero-order valence-electron chi connectivity index (χ0n) is 9.18. The SMILES string of the molecule is COC(=O)C[C@H](Cc1ccccc1)NC=O. The largest absolute Gasteiger partial charge is 0.469 e. The van der Waals surface area contributed by atoms with E-state index in [9.17, 15) is 9.59 Å². The molecule has 1 N–H and O–H groups in total. The molecule has 0 heterocycles. The molecule has 0 fully saturated rings. The minimum absolute atomic E-state index is 0.185. The van der Waals surface area contributed by atoms with E-state index in [1.165, 1.54) is 7.11 Å². The molecular weight excluding hydrogens is 206 g/mol. The average molecular weight is 221 g/mol. The summed E-state index contributed by atoms with van der Waals surface area (Å²) in [6.45, 7) is 0. The lowest BCUT2D eigenvalue weighted by Crippen LogP contribution is -2.32. The number of hydrogen-bond acceptors (Lipinski definition) is 3. The van der Waals surface area contributed by atoms with Gasteiger partial charge in [0.2, 0.25) is 6.41 Å². The second-order valence-corrected chi connectivity index (χ2v) is 3.45. The maximum atomic E-state index is 11.1. The van der Waals surface area contributed by atoms with Crippen molar-refractivity contribution in [2.24, 2.45) is 0 Å². The van der Waals surface area contributed by atoms with Gasteiger partial charge in [-0.25, -0.2) is 0 Å². The number of amides is 1. The Kier molecular flexibility index (Phi) is 5.05. The molecule has 1 amide bonds. The number of esters is 1. The molecule has 0 radical (unpaired) electrons. The highest BCUT2D eigenvalue weighted by Gasteiger charge is 2.13. The highest BCUT2D eigenvalue weighted by Crippen LogP contribution is 2.06. The highest BCUT2D eigenvalue weighted by molar-refractivity contribution is 5.70. The predicted octanol–water partition coefficient (Wildman–Crippen LogP) is 0.907. The molecule has 0 spiro atoms. The predicted molar refractivity (Wildman–Crippen MR) is 59.8 cm³/mol. The molecule has 86 valence electrons. The van der Waals surface area contributed by atoms with Gasteiger partial charge < -0.3 is 10.1 Å². The first-order chi connectivity index (χ1) is 7.76. The van der Waals surface area contributed by atoms with Crippen LogP contribution in [0.5, 0.6) is 0 Å². The molecule has 0 unspecified atom stereocenters. The molecule has 0 bridgehead atoms. The summed E-state index contributed by atoms with van der Waals surface area (Å²) in [6, 6.07) is 9.46. The first-order valence-electron chi connectivity index (χ1n) is 5.06. The molecule has 0 saturated heterocycles. The second kappa shape index (κ2) is 6.61. The van der Waals surface area contributed by atoms with Crippen molar-refractivity contribution in [3.63, 3.8) is 0 Å². The van der Waals surface area contributed by atoms with E-state index in [0.717, 1.165) is 5.56 Å². The van der Waals surface area contributed by atoms with Crippen molar-refractivity contribution >= 4 is 12.4 Å². The van der Waals surface area contributed by atoms with Crippen molar-refractivity contribution in [1.82, 2.24) is 5.32 Å². The number of ether oxygens (including phenoxy) is 1. The molecule has 0 aliphatic carbocycles. The van der Waals surface area contributed by atoms with Gasteiger partial charge in [0.15, 0.2) is 0 Å². The lowest BCUT2D eigenvalue weighted by molar-refractivity contribution is -0.141. The highest BCUT2D eigenvalue weighted by atomic mass is 16.5. The second-order valence-electron chi connectivity index (χ2n) is 3.45. The Hall–Kier alpha value is -1.84. The van der Waals surface area contributed by atoms with Crippen LogP contribution in [0, 0.1) is 0 Å². The van der Waals surface area contributed by atoms with Crippen LogP contribution in [0.2, 0.25) is 0 Å². The summed E-state index contributed by atoms with van der Waals surface area (Å²) in [6.07, 6.45) is 1.41. The molecule has 1 atom stereocenters. The van der Waals surface area contributed by atoms with Gasteiger partial charge in [0.25, 0.3) is 0 Å². The van der Waals surface area contributed by atoms with E-state index in [-0.39, 0.29) is 18.4 Å². The van der Waals surface area contributed by atoms with E-state index < -0.39 is 0 Å². The van der Waals surface area contributed by atoms with Gasteiger partial charge in [0, 0.05) is 6.04 Å². The third kappa shape index (κ3) is 4.13.